The zero-order valence-electron chi connectivity index (χ0n) is 10.5. The van der Waals surface area contributed by atoms with Crippen molar-refractivity contribution in [3.8, 4) is 0 Å². The molecule has 1 fully saturated rings. The number of rotatable bonds is 6. The maximum Gasteiger partial charge on any atom is 0.412 e. The number of nitrogens with zero attached hydrogens (tertiary/aromatic N) is 1. The first-order chi connectivity index (χ1) is 9.40. The predicted octanol–water partition coefficient (Wildman–Crippen LogP) is 2.92. The number of likely N-dealkylation sites (tertiary alicyclic amines) is 1. The largest absolute Gasteiger partial charge is 0.412 e. The summed E-state index contributed by atoms with van der Waals surface area (Å²) in [4.78, 5) is 12.2. The molecule has 5 nitrogen and oxygen atoms in total. The van der Waals surface area contributed by atoms with Crippen LogP contribution in [0.3, 0.4) is 0 Å². The Morgan fingerprint density at radius 1 is 1.05 bits per heavy atom. The van der Waals surface area contributed by atoms with Crippen LogP contribution in [0, 0.1) is 0 Å². The van der Waals surface area contributed by atoms with Gasteiger partial charge in [0, 0.05) is 13.0 Å². The summed E-state index contributed by atoms with van der Waals surface area (Å²) in [5.74, 6) is -0.526. The molecule has 0 bridgehead atoms. The van der Waals surface area contributed by atoms with E-state index in [2.05, 4.69) is 9.05 Å². The molecule has 0 atom stereocenters. The van der Waals surface area contributed by atoms with E-state index < -0.39 is 45.4 Å². The molecule has 21 heavy (non-hydrogen) atoms. The molecule has 1 heterocycles. The standard InChI is InChI=1S/C9H12F6NO4P/c10-8(11,12)4-19-21(18,20-5-9(13,14)15)6-16-3-1-2-7(16)17/h1-6H2. The number of hydrogen-bond donors (Lipinski definition) is 0. The van der Waals surface area contributed by atoms with Crippen LogP contribution in [0.15, 0.2) is 0 Å². The zero-order valence-corrected chi connectivity index (χ0v) is 11.4. The van der Waals surface area contributed by atoms with Crippen LogP contribution in [0.2, 0.25) is 0 Å². The fraction of sp³-hybridized carbons (Fsp3) is 0.889. The minimum absolute atomic E-state index is 0.0770. The third kappa shape index (κ3) is 7.14. The maximum atomic E-state index is 12.0. The first-order valence-corrected chi connectivity index (χ1v) is 7.42. The Kier molecular flexibility index (Phi) is 5.68. The number of halogens is 6. The molecule has 0 radical (unpaired) electrons. The Morgan fingerprint density at radius 2 is 1.52 bits per heavy atom. The van der Waals surface area contributed by atoms with Gasteiger partial charge >= 0.3 is 19.9 Å². The third-order valence-electron chi connectivity index (χ3n) is 2.37. The molecule has 1 aliphatic rings. The van der Waals surface area contributed by atoms with Crippen molar-refractivity contribution in [3.63, 3.8) is 0 Å². The van der Waals surface area contributed by atoms with Crippen LogP contribution in [0.25, 0.3) is 0 Å². The smallest absolute Gasteiger partial charge is 0.331 e. The van der Waals surface area contributed by atoms with Gasteiger partial charge in [-0.3, -0.25) is 18.4 Å². The number of hydrogen-bond acceptors (Lipinski definition) is 4. The fourth-order valence-corrected chi connectivity index (χ4v) is 3.17. The van der Waals surface area contributed by atoms with E-state index in [1.54, 1.807) is 0 Å². The molecule has 0 unspecified atom stereocenters. The first kappa shape index (κ1) is 18.2. The van der Waals surface area contributed by atoms with Gasteiger partial charge < -0.3 is 4.90 Å². The molecular formula is C9H12F6NO4P. The Labute approximate surface area is 115 Å². The van der Waals surface area contributed by atoms with E-state index in [9.17, 15) is 35.7 Å². The van der Waals surface area contributed by atoms with E-state index in [-0.39, 0.29) is 13.0 Å². The van der Waals surface area contributed by atoms with Crippen LogP contribution >= 0.6 is 7.60 Å². The number of carbonyl (C=O) groups excluding carboxylic acids is 1. The lowest BCUT2D eigenvalue weighted by molar-refractivity contribution is -0.165. The summed E-state index contributed by atoms with van der Waals surface area (Å²) in [6.45, 7) is -3.97. The van der Waals surface area contributed by atoms with Crippen LogP contribution in [-0.4, -0.2) is 49.2 Å². The predicted molar refractivity (Wildman–Crippen MR) is 57.4 cm³/mol. The summed E-state index contributed by atoms with van der Waals surface area (Å²) >= 11 is 0. The van der Waals surface area contributed by atoms with Gasteiger partial charge in [0.2, 0.25) is 5.91 Å². The normalized spacial score (nSPS) is 17.6. The van der Waals surface area contributed by atoms with Crippen LogP contribution in [0.4, 0.5) is 26.3 Å². The van der Waals surface area contributed by atoms with Crippen molar-refractivity contribution >= 4 is 13.5 Å². The molecule has 0 aromatic heterocycles. The third-order valence-corrected chi connectivity index (χ3v) is 4.10. The molecule has 0 spiro atoms. The molecule has 0 aromatic carbocycles. The Hall–Kier alpha value is -0.800. The van der Waals surface area contributed by atoms with E-state index in [0.29, 0.717) is 6.42 Å². The van der Waals surface area contributed by atoms with Gasteiger partial charge in [0.25, 0.3) is 0 Å². The molecule has 12 heteroatoms. The van der Waals surface area contributed by atoms with E-state index in [1.165, 1.54) is 0 Å². The molecule has 1 aliphatic heterocycles. The van der Waals surface area contributed by atoms with Gasteiger partial charge in [-0.15, -0.1) is 0 Å². The Balaban J connectivity index is 2.72. The summed E-state index contributed by atoms with van der Waals surface area (Å²) < 4.78 is 92.3. The molecule has 0 aliphatic carbocycles. The van der Waals surface area contributed by atoms with Crippen molar-refractivity contribution in [1.29, 1.82) is 0 Å². The molecule has 1 rings (SSSR count). The molecule has 1 saturated heterocycles. The molecule has 124 valence electrons. The van der Waals surface area contributed by atoms with Gasteiger partial charge in [-0.2, -0.15) is 26.3 Å². The molecule has 0 N–H and O–H groups in total. The van der Waals surface area contributed by atoms with Gasteiger partial charge in [-0.25, -0.2) is 0 Å². The van der Waals surface area contributed by atoms with E-state index in [4.69, 9.17) is 0 Å². The lowest BCUT2D eigenvalue weighted by Crippen LogP contribution is -2.29. The quantitative estimate of drug-likeness (QED) is 0.550. The lowest BCUT2D eigenvalue weighted by Gasteiger charge is -2.24. The van der Waals surface area contributed by atoms with Gasteiger partial charge in [0.15, 0.2) is 13.2 Å². The molecule has 1 amide bonds. The van der Waals surface area contributed by atoms with Gasteiger partial charge in [0.05, 0.1) is 0 Å². The van der Waals surface area contributed by atoms with Crippen LogP contribution in [0.5, 0.6) is 0 Å². The summed E-state index contributed by atoms with van der Waals surface area (Å²) in [5, 5.41) is 0. The topological polar surface area (TPSA) is 55.8 Å². The lowest BCUT2D eigenvalue weighted by atomic mass is 10.4. The monoisotopic (exact) mass is 343 g/mol. The second-order valence-electron chi connectivity index (χ2n) is 4.29. The summed E-state index contributed by atoms with van der Waals surface area (Å²) in [6, 6.07) is 0. The zero-order chi connectivity index (χ0) is 16.3. The minimum atomic E-state index is -4.88. The van der Waals surface area contributed by atoms with E-state index in [0.717, 1.165) is 4.90 Å². The van der Waals surface area contributed by atoms with Crippen molar-refractivity contribution < 1.29 is 44.7 Å². The highest BCUT2D eigenvalue weighted by atomic mass is 31.2. The fourth-order valence-electron chi connectivity index (χ4n) is 1.52. The van der Waals surface area contributed by atoms with Crippen molar-refractivity contribution in [1.82, 2.24) is 4.90 Å². The number of alkyl halides is 6. The van der Waals surface area contributed by atoms with E-state index in [1.807, 2.05) is 0 Å². The van der Waals surface area contributed by atoms with Crippen LogP contribution < -0.4 is 0 Å². The van der Waals surface area contributed by atoms with Crippen molar-refractivity contribution in [2.24, 2.45) is 0 Å². The molecular weight excluding hydrogens is 331 g/mol. The Morgan fingerprint density at radius 3 is 1.86 bits per heavy atom. The van der Waals surface area contributed by atoms with Crippen LogP contribution in [0.1, 0.15) is 12.8 Å². The first-order valence-electron chi connectivity index (χ1n) is 5.70. The highest BCUT2D eigenvalue weighted by Crippen LogP contribution is 2.51. The highest BCUT2D eigenvalue weighted by molar-refractivity contribution is 7.53. The van der Waals surface area contributed by atoms with Gasteiger partial charge in [0.1, 0.15) is 6.29 Å². The number of carbonyl (C=O) groups is 1. The summed E-state index contributed by atoms with van der Waals surface area (Å²) in [5.41, 5.74) is 0. The van der Waals surface area contributed by atoms with Gasteiger partial charge in [-0.1, -0.05) is 0 Å². The second-order valence-corrected chi connectivity index (χ2v) is 6.31. The minimum Gasteiger partial charge on any atom is -0.331 e. The summed E-state index contributed by atoms with van der Waals surface area (Å²) in [7, 11) is -4.73. The van der Waals surface area contributed by atoms with Gasteiger partial charge in [-0.05, 0) is 6.42 Å². The molecule has 0 aromatic rings. The SMILES string of the molecule is O=C1CCCN1CP(=O)(OCC(F)(F)F)OCC(F)(F)F. The van der Waals surface area contributed by atoms with Crippen molar-refractivity contribution in [2.75, 3.05) is 26.0 Å². The summed E-state index contributed by atoms with van der Waals surface area (Å²) in [6.07, 6.45) is -10.2. The van der Waals surface area contributed by atoms with E-state index >= 15 is 0 Å². The van der Waals surface area contributed by atoms with Crippen molar-refractivity contribution in [3.05, 3.63) is 0 Å². The Bertz CT molecular complexity index is 401. The van der Waals surface area contributed by atoms with Crippen LogP contribution in [-0.2, 0) is 18.4 Å². The average Bonchev–Trinajstić information content (AvgIpc) is 2.69. The average molecular weight is 343 g/mol. The highest BCUT2D eigenvalue weighted by Gasteiger charge is 2.40. The molecule has 0 saturated carbocycles. The second kappa shape index (κ2) is 6.53. The number of amides is 1. The maximum absolute atomic E-state index is 12.0. The van der Waals surface area contributed by atoms with Crippen molar-refractivity contribution in [2.45, 2.75) is 25.2 Å².